The lowest BCUT2D eigenvalue weighted by Gasteiger charge is -2.05. The molecule has 1 aromatic carbocycles. The number of Topliss-reactive ketones (excluding diaryl/α,β-unsaturated/α-hetero) is 1. The van der Waals surface area contributed by atoms with Crippen molar-refractivity contribution >= 4 is 11.5 Å². The molecular formula is C13H11N3O3. The van der Waals surface area contributed by atoms with Crippen LogP contribution in [0.25, 0.3) is 0 Å². The Morgan fingerprint density at radius 2 is 1.89 bits per heavy atom. The standard InChI is InChI=1S/C13H11N3O3/c14-13-3-1-2-8-15(13)9-12(17)10-4-6-11(7-5-10)16(18)19/h1-8,14H,9H2. The van der Waals surface area contributed by atoms with Crippen LogP contribution in [0, 0.1) is 15.5 Å². The molecule has 19 heavy (non-hydrogen) atoms. The van der Waals surface area contributed by atoms with Crippen LogP contribution >= 0.6 is 0 Å². The van der Waals surface area contributed by atoms with Crippen LogP contribution in [-0.4, -0.2) is 15.3 Å². The first-order chi connectivity index (χ1) is 9.08. The first-order valence-corrected chi connectivity index (χ1v) is 5.55. The van der Waals surface area contributed by atoms with Crippen molar-refractivity contribution in [2.24, 2.45) is 0 Å². The molecule has 0 atom stereocenters. The number of benzene rings is 1. The molecule has 0 unspecified atom stereocenters. The van der Waals surface area contributed by atoms with Crippen molar-refractivity contribution in [3.8, 4) is 0 Å². The second-order valence-electron chi connectivity index (χ2n) is 3.94. The average Bonchev–Trinajstić information content (AvgIpc) is 2.41. The van der Waals surface area contributed by atoms with E-state index in [0.29, 0.717) is 5.56 Å². The summed E-state index contributed by atoms with van der Waals surface area (Å²) in [6.07, 6.45) is 1.64. The Morgan fingerprint density at radius 3 is 2.47 bits per heavy atom. The predicted molar refractivity (Wildman–Crippen MR) is 67.7 cm³/mol. The Balaban J connectivity index is 2.19. The van der Waals surface area contributed by atoms with Gasteiger partial charge in [0.1, 0.15) is 5.49 Å². The molecule has 2 rings (SSSR count). The predicted octanol–water partition coefficient (Wildman–Crippen LogP) is 1.76. The van der Waals surface area contributed by atoms with Gasteiger partial charge in [0.25, 0.3) is 5.69 Å². The number of nitro groups is 1. The second kappa shape index (κ2) is 5.26. The number of nitro benzene ring substituents is 1. The number of nitrogens with zero attached hydrogens (tertiary/aromatic N) is 2. The lowest BCUT2D eigenvalue weighted by molar-refractivity contribution is -0.384. The van der Waals surface area contributed by atoms with E-state index in [4.69, 9.17) is 5.41 Å². The molecular weight excluding hydrogens is 246 g/mol. The highest BCUT2D eigenvalue weighted by Crippen LogP contribution is 2.12. The van der Waals surface area contributed by atoms with E-state index in [9.17, 15) is 14.9 Å². The first kappa shape index (κ1) is 12.7. The summed E-state index contributed by atoms with van der Waals surface area (Å²) in [5.74, 6) is -0.195. The molecule has 0 amide bonds. The maximum atomic E-state index is 12.0. The van der Waals surface area contributed by atoms with E-state index in [1.54, 1.807) is 24.4 Å². The topological polar surface area (TPSA) is 89.0 Å². The van der Waals surface area contributed by atoms with Crippen molar-refractivity contribution in [2.75, 3.05) is 0 Å². The Hall–Kier alpha value is -2.76. The van der Waals surface area contributed by atoms with E-state index in [0.717, 1.165) is 0 Å². The van der Waals surface area contributed by atoms with Crippen LogP contribution in [0.1, 0.15) is 10.4 Å². The summed E-state index contributed by atoms with van der Waals surface area (Å²) in [6, 6.07) is 10.5. The fraction of sp³-hybridized carbons (Fsp3) is 0.0769. The third kappa shape index (κ3) is 2.92. The molecule has 1 aromatic heterocycles. The second-order valence-corrected chi connectivity index (χ2v) is 3.94. The highest BCUT2D eigenvalue weighted by Gasteiger charge is 2.09. The maximum Gasteiger partial charge on any atom is 0.269 e. The molecule has 0 radical (unpaired) electrons. The van der Waals surface area contributed by atoms with Crippen molar-refractivity contribution < 1.29 is 9.72 Å². The fourth-order valence-electron chi connectivity index (χ4n) is 1.63. The molecule has 1 heterocycles. The lowest BCUT2D eigenvalue weighted by Crippen LogP contribution is -2.22. The van der Waals surface area contributed by atoms with Gasteiger partial charge in [0, 0.05) is 23.9 Å². The summed E-state index contributed by atoms with van der Waals surface area (Å²) >= 11 is 0. The number of nitrogens with one attached hydrogen (secondary N) is 1. The zero-order valence-electron chi connectivity index (χ0n) is 9.95. The highest BCUT2D eigenvalue weighted by atomic mass is 16.6. The third-order valence-corrected chi connectivity index (χ3v) is 2.65. The van der Waals surface area contributed by atoms with Gasteiger partial charge in [-0.2, -0.15) is 0 Å². The van der Waals surface area contributed by atoms with Gasteiger partial charge in [-0.25, -0.2) is 0 Å². The van der Waals surface area contributed by atoms with E-state index < -0.39 is 4.92 Å². The zero-order valence-corrected chi connectivity index (χ0v) is 9.95. The van der Waals surface area contributed by atoms with Crippen molar-refractivity contribution in [2.45, 2.75) is 6.54 Å². The van der Waals surface area contributed by atoms with Crippen LogP contribution in [0.3, 0.4) is 0 Å². The van der Waals surface area contributed by atoms with E-state index in [2.05, 4.69) is 0 Å². The summed E-state index contributed by atoms with van der Waals surface area (Å²) in [7, 11) is 0. The molecule has 0 fully saturated rings. The number of rotatable bonds is 4. The van der Waals surface area contributed by atoms with Crippen LogP contribution in [-0.2, 0) is 6.54 Å². The molecule has 2 aromatic rings. The van der Waals surface area contributed by atoms with Gasteiger partial charge in [-0.15, -0.1) is 0 Å². The minimum atomic E-state index is -0.512. The largest absolute Gasteiger partial charge is 0.326 e. The molecule has 0 aliphatic carbocycles. The molecule has 0 aliphatic heterocycles. The summed E-state index contributed by atoms with van der Waals surface area (Å²) in [4.78, 5) is 22.0. The number of pyridine rings is 1. The molecule has 0 spiro atoms. The van der Waals surface area contributed by atoms with Gasteiger partial charge in [0.15, 0.2) is 5.78 Å². The average molecular weight is 257 g/mol. The van der Waals surface area contributed by atoms with Crippen LogP contribution in [0.15, 0.2) is 48.7 Å². The molecule has 6 heteroatoms. The summed E-state index contributed by atoms with van der Waals surface area (Å²) in [5.41, 5.74) is 0.573. The number of hydrogen-bond acceptors (Lipinski definition) is 4. The Labute approximate surface area is 108 Å². The third-order valence-electron chi connectivity index (χ3n) is 2.65. The number of hydrogen-bond donors (Lipinski definition) is 1. The Kier molecular flexibility index (Phi) is 3.51. The van der Waals surface area contributed by atoms with Gasteiger partial charge < -0.3 is 4.57 Å². The van der Waals surface area contributed by atoms with Gasteiger partial charge >= 0.3 is 0 Å². The van der Waals surface area contributed by atoms with Crippen LogP contribution < -0.4 is 5.49 Å². The molecule has 0 aliphatic rings. The SMILES string of the molecule is N=c1ccccn1CC(=O)c1ccc([N+](=O)[O-])cc1. The van der Waals surface area contributed by atoms with Gasteiger partial charge in [-0.3, -0.25) is 20.3 Å². The molecule has 0 saturated carbocycles. The van der Waals surface area contributed by atoms with Crippen LogP contribution in [0.5, 0.6) is 0 Å². The maximum absolute atomic E-state index is 12.0. The van der Waals surface area contributed by atoms with Gasteiger partial charge in [0.05, 0.1) is 11.5 Å². The molecule has 1 N–H and O–H groups in total. The Morgan fingerprint density at radius 1 is 1.21 bits per heavy atom. The fourth-order valence-corrected chi connectivity index (χ4v) is 1.63. The quantitative estimate of drug-likeness (QED) is 0.514. The molecule has 0 bridgehead atoms. The summed E-state index contributed by atoms with van der Waals surface area (Å²) in [5, 5.41) is 18.1. The molecule has 6 nitrogen and oxygen atoms in total. The molecule has 0 saturated heterocycles. The van der Waals surface area contributed by atoms with Crippen molar-refractivity contribution in [1.29, 1.82) is 5.41 Å². The van der Waals surface area contributed by atoms with Gasteiger partial charge in [0.2, 0.25) is 0 Å². The number of carbonyl (C=O) groups excluding carboxylic acids is 1. The van der Waals surface area contributed by atoms with Crippen LogP contribution in [0.4, 0.5) is 5.69 Å². The summed E-state index contributed by atoms with van der Waals surface area (Å²) < 4.78 is 1.50. The van der Waals surface area contributed by atoms with Gasteiger partial charge in [-0.05, 0) is 24.3 Å². The normalized spacial score (nSPS) is 10.1. The van der Waals surface area contributed by atoms with Crippen molar-refractivity contribution in [1.82, 2.24) is 4.57 Å². The van der Waals surface area contributed by atoms with Crippen molar-refractivity contribution in [3.05, 3.63) is 69.8 Å². The van der Waals surface area contributed by atoms with E-state index >= 15 is 0 Å². The van der Waals surface area contributed by atoms with Crippen LogP contribution in [0.2, 0.25) is 0 Å². The molecule has 96 valence electrons. The smallest absolute Gasteiger partial charge is 0.269 e. The van der Waals surface area contributed by atoms with Gasteiger partial charge in [-0.1, -0.05) is 6.07 Å². The number of aromatic nitrogens is 1. The van der Waals surface area contributed by atoms with E-state index in [-0.39, 0.29) is 23.5 Å². The monoisotopic (exact) mass is 257 g/mol. The van der Waals surface area contributed by atoms with Crippen molar-refractivity contribution in [3.63, 3.8) is 0 Å². The van der Waals surface area contributed by atoms with E-state index in [1.807, 2.05) is 0 Å². The minimum absolute atomic E-state index is 0.0392. The number of non-ortho nitro benzene ring substituents is 1. The minimum Gasteiger partial charge on any atom is -0.326 e. The van der Waals surface area contributed by atoms with E-state index in [1.165, 1.54) is 28.8 Å². The number of ketones is 1. The number of carbonyl (C=O) groups is 1. The first-order valence-electron chi connectivity index (χ1n) is 5.55. The lowest BCUT2D eigenvalue weighted by atomic mass is 10.1. The Bertz CT molecular complexity index is 674. The summed E-state index contributed by atoms with van der Waals surface area (Å²) in [6.45, 7) is 0.0392. The highest BCUT2D eigenvalue weighted by molar-refractivity contribution is 5.96. The zero-order chi connectivity index (χ0) is 13.8.